The number of hydrogen-bond donors (Lipinski definition) is 1. The van der Waals surface area contributed by atoms with E-state index in [0.29, 0.717) is 6.61 Å². The number of rotatable bonds is 6. The highest BCUT2D eigenvalue weighted by molar-refractivity contribution is 5.65. The molecule has 1 aromatic carbocycles. The van der Waals surface area contributed by atoms with Crippen molar-refractivity contribution in [2.45, 2.75) is 32.8 Å². The summed E-state index contributed by atoms with van der Waals surface area (Å²) in [6, 6.07) is 12.2. The van der Waals surface area contributed by atoms with E-state index in [2.05, 4.69) is 34.6 Å². The Labute approximate surface area is 153 Å². The molecule has 1 N–H and O–H groups in total. The van der Waals surface area contributed by atoms with E-state index in [-0.39, 0.29) is 0 Å². The van der Waals surface area contributed by atoms with Gasteiger partial charge in [-0.25, -0.2) is 9.97 Å². The normalized spacial score (nSPS) is 12.8. The van der Waals surface area contributed by atoms with Crippen LogP contribution in [0.2, 0.25) is 0 Å². The van der Waals surface area contributed by atoms with Crippen molar-refractivity contribution in [2.24, 2.45) is 0 Å². The molecule has 0 atom stereocenters. The molecule has 0 amide bonds. The molecule has 5 heteroatoms. The molecule has 2 heterocycles. The lowest BCUT2D eigenvalue weighted by Gasteiger charge is -2.13. The Morgan fingerprint density at radius 2 is 1.81 bits per heavy atom. The third kappa shape index (κ3) is 3.58. The molecule has 3 aromatic rings. The lowest BCUT2D eigenvalue weighted by Crippen LogP contribution is -2.04. The first-order valence-electron chi connectivity index (χ1n) is 9.07. The lowest BCUT2D eigenvalue weighted by atomic mass is 10.2. The monoisotopic (exact) mass is 346 g/mol. The minimum Gasteiger partial charge on any atom is -0.377 e. The molecule has 5 nitrogen and oxygen atoms in total. The second-order valence-electron chi connectivity index (χ2n) is 6.37. The zero-order valence-electron chi connectivity index (χ0n) is 14.9. The number of aromatic nitrogens is 3. The van der Waals surface area contributed by atoms with Gasteiger partial charge in [-0.2, -0.15) is 0 Å². The molecule has 1 aliphatic rings. The third-order valence-electron chi connectivity index (χ3n) is 4.56. The van der Waals surface area contributed by atoms with Crippen molar-refractivity contribution in [3.05, 3.63) is 65.6 Å². The molecule has 0 fully saturated rings. The van der Waals surface area contributed by atoms with E-state index in [1.807, 2.05) is 19.1 Å². The summed E-state index contributed by atoms with van der Waals surface area (Å²) in [5.74, 6) is 1.67. The first-order valence-corrected chi connectivity index (χ1v) is 9.07. The number of anilines is 2. The van der Waals surface area contributed by atoms with E-state index >= 15 is 0 Å². The Hall–Kier alpha value is -2.79. The predicted octanol–water partition coefficient (Wildman–Crippen LogP) is 4.31. The van der Waals surface area contributed by atoms with Crippen LogP contribution in [0.25, 0.3) is 11.4 Å². The largest absolute Gasteiger partial charge is 0.377 e. The highest BCUT2D eigenvalue weighted by Crippen LogP contribution is 2.31. The smallest absolute Gasteiger partial charge is 0.161 e. The van der Waals surface area contributed by atoms with Gasteiger partial charge in [-0.15, -0.1) is 0 Å². The summed E-state index contributed by atoms with van der Waals surface area (Å²) in [4.78, 5) is 13.7. The minimum atomic E-state index is 0.645. The molecule has 0 unspecified atom stereocenters. The molecule has 0 aliphatic heterocycles. The van der Waals surface area contributed by atoms with Crippen LogP contribution in [0.4, 0.5) is 11.5 Å². The Morgan fingerprint density at radius 3 is 2.58 bits per heavy atom. The average Bonchev–Trinajstić information content (AvgIpc) is 3.17. The Balaban J connectivity index is 1.62. The second kappa shape index (κ2) is 7.62. The third-order valence-corrected chi connectivity index (χ3v) is 4.56. The van der Waals surface area contributed by atoms with Crippen LogP contribution in [0.5, 0.6) is 0 Å². The Kier molecular flexibility index (Phi) is 4.88. The van der Waals surface area contributed by atoms with Crippen LogP contribution in [-0.4, -0.2) is 21.6 Å². The maximum Gasteiger partial charge on any atom is 0.161 e. The fourth-order valence-electron chi connectivity index (χ4n) is 3.21. The van der Waals surface area contributed by atoms with Gasteiger partial charge in [0.15, 0.2) is 5.82 Å². The maximum atomic E-state index is 5.46. The van der Waals surface area contributed by atoms with Crippen LogP contribution in [0.1, 0.15) is 30.2 Å². The van der Waals surface area contributed by atoms with Gasteiger partial charge in [0.05, 0.1) is 6.61 Å². The van der Waals surface area contributed by atoms with E-state index in [4.69, 9.17) is 14.7 Å². The quantitative estimate of drug-likeness (QED) is 0.721. The second-order valence-corrected chi connectivity index (χ2v) is 6.37. The van der Waals surface area contributed by atoms with Crippen molar-refractivity contribution in [3.8, 4) is 11.4 Å². The van der Waals surface area contributed by atoms with Gasteiger partial charge >= 0.3 is 0 Å². The lowest BCUT2D eigenvalue weighted by molar-refractivity contribution is 0.134. The van der Waals surface area contributed by atoms with Gasteiger partial charge in [0.1, 0.15) is 5.82 Å². The fourth-order valence-corrected chi connectivity index (χ4v) is 3.21. The van der Waals surface area contributed by atoms with Gasteiger partial charge in [0.25, 0.3) is 0 Å². The van der Waals surface area contributed by atoms with Gasteiger partial charge in [0, 0.05) is 41.5 Å². The van der Waals surface area contributed by atoms with Gasteiger partial charge in [0.2, 0.25) is 0 Å². The molecule has 132 valence electrons. The van der Waals surface area contributed by atoms with E-state index in [1.165, 1.54) is 11.1 Å². The summed E-state index contributed by atoms with van der Waals surface area (Å²) >= 11 is 0. The van der Waals surface area contributed by atoms with Crippen LogP contribution in [0.3, 0.4) is 0 Å². The molecule has 0 saturated heterocycles. The summed E-state index contributed by atoms with van der Waals surface area (Å²) in [5.41, 5.74) is 5.58. The number of nitrogens with one attached hydrogen (secondary N) is 1. The Morgan fingerprint density at radius 1 is 1.00 bits per heavy atom. The number of ether oxygens (including phenoxy) is 1. The van der Waals surface area contributed by atoms with Gasteiger partial charge in [-0.05, 0) is 56.0 Å². The molecule has 0 saturated carbocycles. The zero-order valence-corrected chi connectivity index (χ0v) is 14.9. The number of aryl methyl sites for hydroxylation is 1. The Bertz CT molecular complexity index is 879. The van der Waals surface area contributed by atoms with Crippen LogP contribution >= 0.6 is 0 Å². The summed E-state index contributed by atoms with van der Waals surface area (Å²) in [7, 11) is 0. The number of fused-ring (bicyclic) bond motifs is 1. The molecule has 2 aromatic heterocycles. The van der Waals surface area contributed by atoms with E-state index in [1.54, 1.807) is 12.4 Å². The van der Waals surface area contributed by atoms with Gasteiger partial charge in [-0.1, -0.05) is 12.1 Å². The number of benzene rings is 1. The van der Waals surface area contributed by atoms with E-state index in [0.717, 1.165) is 54.5 Å². The van der Waals surface area contributed by atoms with Crippen molar-refractivity contribution in [3.63, 3.8) is 0 Å². The predicted molar refractivity (Wildman–Crippen MR) is 102 cm³/mol. The topological polar surface area (TPSA) is 59.9 Å². The number of nitrogens with zero attached hydrogens (tertiary/aromatic N) is 3. The minimum absolute atomic E-state index is 0.645. The van der Waals surface area contributed by atoms with Gasteiger partial charge < -0.3 is 10.1 Å². The van der Waals surface area contributed by atoms with Gasteiger partial charge in [-0.3, -0.25) is 4.98 Å². The average molecular weight is 346 g/mol. The molecule has 0 spiro atoms. The van der Waals surface area contributed by atoms with Crippen molar-refractivity contribution in [1.29, 1.82) is 0 Å². The first kappa shape index (κ1) is 16.7. The number of hydrogen-bond acceptors (Lipinski definition) is 5. The number of pyridine rings is 1. The standard InChI is InChI=1S/C21H22N4O/c1-2-26-14-15-6-8-17(9-7-15)23-21-18-4-3-5-19(18)24-20(25-21)16-10-12-22-13-11-16/h6-13H,2-5,14H2,1H3,(H,23,24,25). The SMILES string of the molecule is CCOCc1ccc(Nc2nc(-c3ccncc3)nc3c2CCC3)cc1. The van der Waals surface area contributed by atoms with Crippen molar-refractivity contribution in [2.75, 3.05) is 11.9 Å². The maximum absolute atomic E-state index is 5.46. The summed E-state index contributed by atoms with van der Waals surface area (Å²) in [6.07, 6.45) is 6.71. The molecule has 1 aliphatic carbocycles. The first-order chi connectivity index (χ1) is 12.8. The van der Waals surface area contributed by atoms with E-state index < -0.39 is 0 Å². The van der Waals surface area contributed by atoms with Crippen LogP contribution in [0, 0.1) is 0 Å². The van der Waals surface area contributed by atoms with E-state index in [9.17, 15) is 0 Å². The van der Waals surface area contributed by atoms with Crippen LogP contribution in [-0.2, 0) is 24.2 Å². The highest BCUT2D eigenvalue weighted by Gasteiger charge is 2.20. The van der Waals surface area contributed by atoms with Crippen LogP contribution < -0.4 is 5.32 Å². The molecule has 26 heavy (non-hydrogen) atoms. The molecule has 0 radical (unpaired) electrons. The van der Waals surface area contributed by atoms with Crippen molar-refractivity contribution < 1.29 is 4.74 Å². The molecular weight excluding hydrogens is 324 g/mol. The van der Waals surface area contributed by atoms with Crippen molar-refractivity contribution >= 4 is 11.5 Å². The molecule has 0 bridgehead atoms. The summed E-state index contributed by atoms with van der Waals surface area (Å²) < 4.78 is 5.46. The van der Waals surface area contributed by atoms with Crippen molar-refractivity contribution in [1.82, 2.24) is 15.0 Å². The summed E-state index contributed by atoms with van der Waals surface area (Å²) in [6.45, 7) is 3.38. The molecule has 4 rings (SSSR count). The zero-order chi connectivity index (χ0) is 17.8. The highest BCUT2D eigenvalue weighted by atomic mass is 16.5. The molecular formula is C21H22N4O. The summed E-state index contributed by atoms with van der Waals surface area (Å²) in [5, 5.41) is 3.49. The fraction of sp³-hybridized carbons (Fsp3) is 0.286. The van der Waals surface area contributed by atoms with Crippen LogP contribution in [0.15, 0.2) is 48.8 Å².